The Balaban J connectivity index is 2.69. The summed E-state index contributed by atoms with van der Waals surface area (Å²) in [5.41, 5.74) is 5.97. The topological polar surface area (TPSA) is 59.2 Å². The van der Waals surface area contributed by atoms with Gasteiger partial charge in [-0.05, 0) is 13.2 Å². The summed E-state index contributed by atoms with van der Waals surface area (Å²) in [4.78, 5) is 17.9. The highest BCUT2D eigenvalue weighted by molar-refractivity contribution is 7.98. The lowest BCUT2D eigenvalue weighted by molar-refractivity contribution is 0.0752. The lowest BCUT2D eigenvalue weighted by Gasteiger charge is -2.23. The number of thioether (sulfide) groups is 1. The van der Waals surface area contributed by atoms with Crippen molar-refractivity contribution in [3.8, 4) is 0 Å². The van der Waals surface area contributed by atoms with Gasteiger partial charge in [-0.25, -0.2) is 4.98 Å². The minimum absolute atomic E-state index is 0.0301. The summed E-state index contributed by atoms with van der Waals surface area (Å²) >= 11 is 3.16. The van der Waals surface area contributed by atoms with Gasteiger partial charge in [-0.1, -0.05) is 0 Å². The summed E-state index contributed by atoms with van der Waals surface area (Å²) in [5.74, 6) is 0.897. The fourth-order valence-corrected chi connectivity index (χ4v) is 2.59. The Labute approximate surface area is 104 Å². The van der Waals surface area contributed by atoms with Crippen molar-refractivity contribution in [1.29, 1.82) is 0 Å². The van der Waals surface area contributed by atoms with Crippen LogP contribution in [0.2, 0.25) is 0 Å². The molecular weight excluding hydrogens is 242 g/mol. The standard InChI is InChI=1S/C10H17N3OS2/c1-7(5-15-3)13(2)10(14)8-6-16-9(4-11)12-8/h6-7H,4-5,11H2,1-3H3. The Bertz CT molecular complexity index is 354. The molecule has 2 N–H and O–H groups in total. The summed E-state index contributed by atoms with van der Waals surface area (Å²) in [6.45, 7) is 2.42. The average molecular weight is 259 g/mol. The molecule has 1 atom stereocenters. The Morgan fingerprint density at radius 2 is 2.44 bits per heavy atom. The van der Waals surface area contributed by atoms with E-state index in [1.165, 1.54) is 11.3 Å². The number of nitrogens with zero attached hydrogens (tertiary/aromatic N) is 2. The second kappa shape index (κ2) is 6.22. The highest BCUT2D eigenvalue weighted by Gasteiger charge is 2.19. The van der Waals surface area contributed by atoms with Gasteiger partial charge in [0.25, 0.3) is 5.91 Å². The van der Waals surface area contributed by atoms with Gasteiger partial charge in [0, 0.05) is 30.8 Å². The summed E-state index contributed by atoms with van der Waals surface area (Å²) in [6.07, 6.45) is 2.03. The van der Waals surface area contributed by atoms with Gasteiger partial charge < -0.3 is 10.6 Å². The molecule has 0 saturated carbocycles. The molecule has 0 aliphatic heterocycles. The Kier molecular flexibility index (Phi) is 5.24. The molecule has 4 nitrogen and oxygen atoms in total. The zero-order chi connectivity index (χ0) is 12.1. The molecule has 1 unspecified atom stereocenters. The molecule has 0 aliphatic carbocycles. The van der Waals surface area contributed by atoms with Gasteiger partial charge in [-0.15, -0.1) is 11.3 Å². The zero-order valence-electron chi connectivity index (χ0n) is 9.77. The van der Waals surface area contributed by atoms with Crippen LogP contribution in [0.3, 0.4) is 0 Å². The molecule has 0 saturated heterocycles. The van der Waals surface area contributed by atoms with Crippen molar-refractivity contribution in [3.63, 3.8) is 0 Å². The van der Waals surface area contributed by atoms with Crippen LogP contribution in [-0.2, 0) is 6.54 Å². The van der Waals surface area contributed by atoms with Crippen molar-refractivity contribution in [2.75, 3.05) is 19.1 Å². The molecule has 1 aromatic heterocycles. The van der Waals surface area contributed by atoms with E-state index in [-0.39, 0.29) is 11.9 Å². The number of nitrogens with two attached hydrogens (primary N) is 1. The first kappa shape index (κ1) is 13.5. The van der Waals surface area contributed by atoms with Crippen molar-refractivity contribution in [2.45, 2.75) is 19.5 Å². The van der Waals surface area contributed by atoms with Crippen molar-refractivity contribution in [2.24, 2.45) is 5.73 Å². The molecule has 0 spiro atoms. The van der Waals surface area contributed by atoms with Crippen LogP contribution in [0.25, 0.3) is 0 Å². The van der Waals surface area contributed by atoms with Crippen LogP contribution in [-0.4, -0.2) is 40.9 Å². The minimum Gasteiger partial charge on any atom is -0.337 e. The molecule has 0 aromatic carbocycles. The predicted molar refractivity (Wildman–Crippen MR) is 69.9 cm³/mol. The van der Waals surface area contributed by atoms with Gasteiger partial charge in [0.05, 0.1) is 0 Å². The van der Waals surface area contributed by atoms with Crippen LogP contribution in [0.4, 0.5) is 0 Å². The van der Waals surface area contributed by atoms with Crippen LogP contribution < -0.4 is 5.73 Å². The van der Waals surface area contributed by atoms with Crippen molar-refractivity contribution in [1.82, 2.24) is 9.88 Å². The third-order valence-corrected chi connectivity index (χ3v) is 4.02. The summed E-state index contributed by atoms with van der Waals surface area (Å²) in [5, 5.41) is 2.57. The molecule has 0 aliphatic rings. The van der Waals surface area contributed by atoms with Crippen LogP contribution in [0.15, 0.2) is 5.38 Å². The first-order valence-corrected chi connectivity index (χ1v) is 7.28. The maximum absolute atomic E-state index is 12.0. The molecule has 90 valence electrons. The molecule has 0 radical (unpaired) electrons. The van der Waals surface area contributed by atoms with E-state index >= 15 is 0 Å². The number of carbonyl (C=O) groups is 1. The maximum Gasteiger partial charge on any atom is 0.273 e. The maximum atomic E-state index is 12.0. The Morgan fingerprint density at radius 3 is 2.94 bits per heavy atom. The van der Waals surface area contributed by atoms with Crippen LogP contribution in [0.5, 0.6) is 0 Å². The average Bonchev–Trinajstić information content (AvgIpc) is 2.75. The number of thiazole rings is 1. The van der Waals surface area contributed by atoms with Crippen molar-refractivity contribution in [3.05, 3.63) is 16.1 Å². The molecule has 1 heterocycles. The molecule has 6 heteroatoms. The summed E-state index contributed by atoms with van der Waals surface area (Å²) in [6, 6.07) is 0.213. The van der Waals surface area contributed by atoms with E-state index < -0.39 is 0 Å². The molecule has 16 heavy (non-hydrogen) atoms. The first-order valence-electron chi connectivity index (χ1n) is 5.00. The fraction of sp³-hybridized carbons (Fsp3) is 0.600. The quantitative estimate of drug-likeness (QED) is 0.869. The number of hydrogen-bond acceptors (Lipinski definition) is 5. The van der Waals surface area contributed by atoms with E-state index in [4.69, 9.17) is 5.73 Å². The Hall–Kier alpha value is -0.590. The smallest absolute Gasteiger partial charge is 0.273 e. The molecule has 0 bridgehead atoms. The monoisotopic (exact) mass is 259 g/mol. The molecule has 1 rings (SSSR count). The van der Waals surface area contributed by atoms with Crippen molar-refractivity contribution >= 4 is 29.0 Å². The minimum atomic E-state index is -0.0301. The van der Waals surface area contributed by atoms with E-state index in [2.05, 4.69) is 4.98 Å². The molecular formula is C10H17N3OS2. The second-order valence-corrected chi connectivity index (χ2v) is 5.40. The largest absolute Gasteiger partial charge is 0.337 e. The van der Waals surface area contributed by atoms with Crippen LogP contribution in [0, 0.1) is 0 Å². The van der Waals surface area contributed by atoms with Crippen molar-refractivity contribution < 1.29 is 4.79 Å². The number of amides is 1. The number of carbonyl (C=O) groups excluding carboxylic acids is 1. The Morgan fingerprint density at radius 1 is 1.75 bits per heavy atom. The van der Waals surface area contributed by atoms with Gasteiger partial charge in [0.15, 0.2) is 0 Å². The third-order valence-electron chi connectivity index (χ3n) is 2.33. The highest BCUT2D eigenvalue weighted by Crippen LogP contribution is 2.13. The van der Waals surface area contributed by atoms with Gasteiger partial charge in [-0.3, -0.25) is 4.79 Å². The lowest BCUT2D eigenvalue weighted by Crippen LogP contribution is -2.36. The van der Waals surface area contributed by atoms with E-state index in [0.29, 0.717) is 12.2 Å². The SMILES string of the molecule is CSCC(C)N(C)C(=O)c1csc(CN)n1. The van der Waals surface area contributed by atoms with E-state index in [9.17, 15) is 4.79 Å². The number of aromatic nitrogens is 1. The van der Waals surface area contributed by atoms with Gasteiger partial charge in [-0.2, -0.15) is 11.8 Å². The molecule has 0 fully saturated rings. The third kappa shape index (κ3) is 3.20. The van der Waals surface area contributed by atoms with Gasteiger partial charge in [0.1, 0.15) is 10.7 Å². The first-order chi connectivity index (χ1) is 7.60. The predicted octanol–water partition coefficient (Wildman–Crippen LogP) is 1.43. The van der Waals surface area contributed by atoms with E-state index in [1.807, 2.05) is 20.2 Å². The van der Waals surface area contributed by atoms with Crippen LogP contribution >= 0.6 is 23.1 Å². The zero-order valence-corrected chi connectivity index (χ0v) is 11.4. The lowest BCUT2D eigenvalue weighted by atomic mass is 10.3. The second-order valence-electron chi connectivity index (χ2n) is 3.55. The summed E-state index contributed by atoms with van der Waals surface area (Å²) < 4.78 is 0. The highest BCUT2D eigenvalue weighted by atomic mass is 32.2. The van der Waals surface area contributed by atoms with Gasteiger partial charge >= 0.3 is 0 Å². The normalized spacial score (nSPS) is 12.5. The molecule has 1 aromatic rings. The van der Waals surface area contributed by atoms with E-state index in [1.54, 1.807) is 22.0 Å². The molecule has 1 amide bonds. The number of hydrogen-bond donors (Lipinski definition) is 1. The van der Waals surface area contributed by atoms with E-state index in [0.717, 1.165) is 10.8 Å². The summed E-state index contributed by atoms with van der Waals surface area (Å²) in [7, 11) is 1.81. The van der Waals surface area contributed by atoms with Crippen LogP contribution in [0.1, 0.15) is 22.4 Å². The number of rotatable bonds is 5. The fourth-order valence-electron chi connectivity index (χ4n) is 1.24. The van der Waals surface area contributed by atoms with Gasteiger partial charge in [0.2, 0.25) is 0 Å².